The number of aliphatic imine (C=N–C) groups is 1. The number of nitrogens with zero attached hydrogens (tertiary/aromatic N) is 3. The molecular weight excluding hydrogens is 278 g/mol. The zero-order valence-electron chi connectivity index (χ0n) is 11.7. The summed E-state index contributed by atoms with van der Waals surface area (Å²) in [4.78, 5) is 8.58. The summed E-state index contributed by atoms with van der Waals surface area (Å²) in [5.41, 5.74) is 1.73. The van der Waals surface area contributed by atoms with E-state index >= 15 is 0 Å². The van der Waals surface area contributed by atoms with E-state index in [4.69, 9.17) is 4.42 Å². The molecule has 0 radical (unpaired) electrons. The van der Waals surface area contributed by atoms with Crippen molar-refractivity contribution in [3.63, 3.8) is 0 Å². The number of nitriles is 1. The summed E-state index contributed by atoms with van der Waals surface area (Å²) in [5.74, 6) is 1.32. The van der Waals surface area contributed by atoms with Crippen molar-refractivity contribution in [2.75, 3.05) is 0 Å². The highest BCUT2D eigenvalue weighted by molar-refractivity contribution is 5.89. The lowest BCUT2D eigenvalue weighted by Gasteiger charge is -2.16. The predicted octanol–water partition coefficient (Wildman–Crippen LogP) is 2.17. The Hall–Kier alpha value is -3.33. The predicted molar refractivity (Wildman–Crippen MR) is 82.0 cm³/mol. The minimum atomic E-state index is 0.412. The highest BCUT2D eigenvalue weighted by Gasteiger charge is 2.12. The fraction of sp³-hybridized carbons (Fsp3) is 0.0625. The Bertz CT molecular complexity index is 767. The first-order valence-electron chi connectivity index (χ1n) is 6.69. The van der Waals surface area contributed by atoms with Crippen LogP contribution >= 0.6 is 0 Å². The van der Waals surface area contributed by atoms with Crippen LogP contribution in [0.3, 0.4) is 0 Å². The average molecular weight is 291 g/mol. The van der Waals surface area contributed by atoms with E-state index in [0.29, 0.717) is 29.5 Å². The molecule has 3 rings (SSSR count). The fourth-order valence-corrected chi connectivity index (χ4v) is 1.97. The number of allylic oxidation sites excluding steroid dienone is 2. The SMILES string of the molecule is N#C/C(=C1/C=CNC(=NCc2ccco2)N1)c1ccccn1. The lowest BCUT2D eigenvalue weighted by atomic mass is 10.1. The van der Waals surface area contributed by atoms with Gasteiger partial charge in [0, 0.05) is 12.4 Å². The van der Waals surface area contributed by atoms with Crippen LogP contribution < -0.4 is 10.6 Å². The molecule has 1 aliphatic rings. The number of nitrogens with one attached hydrogen (secondary N) is 2. The van der Waals surface area contributed by atoms with Gasteiger partial charge in [-0.15, -0.1) is 0 Å². The summed E-state index contributed by atoms with van der Waals surface area (Å²) >= 11 is 0. The van der Waals surface area contributed by atoms with E-state index in [0.717, 1.165) is 5.76 Å². The van der Waals surface area contributed by atoms with Crippen LogP contribution in [-0.4, -0.2) is 10.9 Å². The number of pyridine rings is 1. The molecule has 0 atom stereocenters. The molecule has 0 saturated carbocycles. The van der Waals surface area contributed by atoms with Crippen molar-refractivity contribution >= 4 is 11.5 Å². The van der Waals surface area contributed by atoms with Crippen molar-refractivity contribution in [3.8, 4) is 6.07 Å². The lowest BCUT2D eigenvalue weighted by molar-refractivity contribution is 0.512. The second kappa shape index (κ2) is 6.41. The summed E-state index contributed by atoms with van der Waals surface area (Å²) in [6, 6.07) is 11.3. The van der Waals surface area contributed by atoms with Gasteiger partial charge in [0.2, 0.25) is 0 Å². The zero-order chi connectivity index (χ0) is 15.2. The van der Waals surface area contributed by atoms with Crippen molar-refractivity contribution in [3.05, 3.63) is 72.2 Å². The largest absolute Gasteiger partial charge is 0.467 e. The molecule has 2 aromatic heterocycles. The van der Waals surface area contributed by atoms with Gasteiger partial charge in [-0.25, -0.2) is 4.99 Å². The number of hydrogen-bond donors (Lipinski definition) is 2. The van der Waals surface area contributed by atoms with Gasteiger partial charge in [0.25, 0.3) is 0 Å². The number of hydrogen-bond acceptors (Lipinski definition) is 4. The monoisotopic (exact) mass is 291 g/mol. The molecule has 0 amide bonds. The van der Waals surface area contributed by atoms with Crippen molar-refractivity contribution in [2.24, 2.45) is 4.99 Å². The molecule has 0 fully saturated rings. The topological polar surface area (TPSA) is 86.2 Å². The van der Waals surface area contributed by atoms with Crippen molar-refractivity contribution < 1.29 is 4.42 Å². The number of furan rings is 1. The Kier molecular flexibility index (Phi) is 3.98. The second-order valence-corrected chi connectivity index (χ2v) is 4.46. The van der Waals surface area contributed by atoms with Gasteiger partial charge in [-0.2, -0.15) is 5.26 Å². The van der Waals surface area contributed by atoms with Gasteiger partial charge in [-0.1, -0.05) is 6.07 Å². The summed E-state index contributed by atoms with van der Waals surface area (Å²) < 4.78 is 5.23. The molecule has 0 aromatic carbocycles. The molecule has 6 nitrogen and oxygen atoms in total. The molecule has 108 valence electrons. The van der Waals surface area contributed by atoms with E-state index in [-0.39, 0.29) is 0 Å². The van der Waals surface area contributed by atoms with Gasteiger partial charge in [-0.3, -0.25) is 4.98 Å². The smallest absolute Gasteiger partial charge is 0.200 e. The first kappa shape index (κ1) is 13.6. The third-order valence-corrected chi connectivity index (χ3v) is 3.00. The first-order valence-corrected chi connectivity index (χ1v) is 6.69. The van der Waals surface area contributed by atoms with Gasteiger partial charge in [-0.05, 0) is 30.3 Å². The first-order chi connectivity index (χ1) is 10.9. The summed E-state index contributed by atoms with van der Waals surface area (Å²) in [6.07, 6.45) is 6.77. The van der Waals surface area contributed by atoms with Crippen LogP contribution in [0.25, 0.3) is 5.57 Å². The number of aromatic nitrogens is 1. The minimum Gasteiger partial charge on any atom is -0.467 e. The summed E-state index contributed by atoms with van der Waals surface area (Å²) in [6.45, 7) is 0.412. The fourth-order valence-electron chi connectivity index (χ4n) is 1.97. The molecule has 6 heteroatoms. The van der Waals surface area contributed by atoms with Crippen LogP contribution in [0.2, 0.25) is 0 Å². The molecule has 2 aromatic rings. The van der Waals surface area contributed by atoms with Crippen LogP contribution in [0.15, 0.2) is 70.2 Å². The van der Waals surface area contributed by atoms with Gasteiger partial charge in [0.1, 0.15) is 23.9 Å². The maximum Gasteiger partial charge on any atom is 0.200 e. The number of guanidine groups is 1. The van der Waals surface area contributed by atoms with Gasteiger partial charge < -0.3 is 15.1 Å². The van der Waals surface area contributed by atoms with Crippen molar-refractivity contribution in [1.29, 1.82) is 5.26 Å². The normalized spacial score (nSPS) is 17.5. The molecule has 1 aliphatic heterocycles. The molecule has 3 heterocycles. The molecular formula is C16H13N5O. The minimum absolute atomic E-state index is 0.412. The van der Waals surface area contributed by atoms with E-state index in [1.54, 1.807) is 30.8 Å². The summed E-state index contributed by atoms with van der Waals surface area (Å²) in [5, 5.41) is 15.5. The standard InChI is InChI=1S/C16H13N5O/c17-10-13(14-5-1-2-7-18-14)15-6-8-19-16(21-15)20-11-12-4-3-9-22-12/h1-9H,11H2,(H2,19,20,21)/b15-13+. The third kappa shape index (κ3) is 3.04. The quantitative estimate of drug-likeness (QED) is 0.846. The van der Waals surface area contributed by atoms with E-state index in [1.807, 2.05) is 24.3 Å². The molecule has 22 heavy (non-hydrogen) atoms. The van der Waals surface area contributed by atoms with Crippen LogP contribution in [0.1, 0.15) is 11.5 Å². The van der Waals surface area contributed by atoms with Gasteiger partial charge >= 0.3 is 0 Å². The maximum absolute atomic E-state index is 9.40. The zero-order valence-corrected chi connectivity index (χ0v) is 11.7. The highest BCUT2D eigenvalue weighted by Crippen LogP contribution is 2.16. The van der Waals surface area contributed by atoms with Gasteiger partial charge in [0.15, 0.2) is 5.96 Å². The number of rotatable bonds is 3. The Balaban J connectivity index is 1.84. The Labute approximate surface area is 127 Å². The second-order valence-electron chi connectivity index (χ2n) is 4.46. The Morgan fingerprint density at radius 2 is 2.27 bits per heavy atom. The Morgan fingerprint density at radius 3 is 3.00 bits per heavy atom. The highest BCUT2D eigenvalue weighted by atomic mass is 16.3. The van der Waals surface area contributed by atoms with Crippen molar-refractivity contribution in [1.82, 2.24) is 15.6 Å². The average Bonchev–Trinajstić information content (AvgIpc) is 3.09. The van der Waals surface area contributed by atoms with Crippen LogP contribution in [-0.2, 0) is 6.54 Å². The van der Waals surface area contributed by atoms with E-state index < -0.39 is 0 Å². The van der Waals surface area contributed by atoms with E-state index in [1.165, 1.54) is 0 Å². The van der Waals surface area contributed by atoms with Crippen LogP contribution in [0, 0.1) is 11.3 Å². The lowest BCUT2D eigenvalue weighted by Crippen LogP contribution is -2.37. The van der Waals surface area contributed by atoms with Crippen LogP contribution in [0.5, 0.6) is 0 Å². The molecule has 0 aliphatic carbocycles. The molecule has 0 spiro atoms. The third-order valence-electron chi connectivity index (χ3n) is 3.00. The van der Waals surface area contributed by atoms with Gasteiger partial charge in [0.05, 0.1) is 17.7 Å². The van der Waals surface area contributed by atoms with Crippen molar-refractivity contribution in [2.45, 2.75) is 6.54 Å². The van der Waals surface area contributed by atoms with E-state index in [2.05, 4.69) is 26.7 Å². The van der Waals surface area contributed by atoms with E-state index in [9.17, 15) is 5.26 Å². The molecule has 0 saturated heterocycles. The molecule has 0 bridgehead atoms. The Morgan fingerprint density at radius 1 is 1.32 bits per heavy atom. The van der Waals surface area contributed by atoms with Crippen LogP contribution in [0.4, 0.5) is 0 Å². The molecule has 2 N–H and O–H groups in total. The maximum atomic E-state index is 9.40. The molecule has 0 unspecified atom stereocenters. The summed E-state index contributed by atoms with van der Waals surface area (Å²) in [7, 11) is 0.